The lowest BCUT2D eigenvalue weighted by molar-refractivity contribution is -0.140. The summed E-state index contributed by atoms with van der Waals surface area (Å²) < 4.78 is 5.03. The molecule has 0 radical (unpaired) electrons. The van der Waals surface area contributed by atoms with Gasteiger partial charge in [0.1, 0.15) is 5.75 Å². The third-order valence-corrected chi connectivity index (χ3v) is 2.47. The predicted octanol–water partition coefficient (Wildman–Crippen LogP) is 0.571. The molecular formula is C12H16N2O5. The van der Waals surface area contributed by atoms with Gasteiger partial charge in [-0.05, 0) is 30.7 Å². The van der Waals surface area contributed by atoms with Crippen LogP contribution in [0.4, 0.5) is 10.5 Å². The zero-order valence-electron chi connectivity index (χ0n) is 10.6. The Bertz CT molecular complexity index is 475. The van der Waals surface area contributed by atoms with Crippen molar-refractivity contribution >= 4 is 17.7 Å². The maximum absolute atomic E-state index is 11.6. The van der Waals surface area contributed by atoms with E-state index >= 15 is 0 Å². The SMILES string of the molecule is COc1ccc(NC(=O)NC(CO)C(=O)O)c(C)c1. The number of carboxylic acids is 1. The molecule has 0 aliphatic rings. The minimum Gasteiger partial charge on any atom is -0.497 e. The second kappa shape index (κ2) is 6.60. The number of amides is 2. The molecular weight excluding hydrogens is 252 g/mol. The number of benzene rings is 1. The van der Waals surface area contributed by atoms with E-state index in [0.717, 1.165) is 5.56 Å². The summed E-state index contributed by atoms with van der Waals surface area (Å²) in [7, 11) is 1.54. The number of rotatable bonds is 5. The van der Waals surface area contributed by atoms with Crippen molar-refractivity contribution in [1.29, 1.82) is 0 Å². The van der Waals surface area contributed by atoms with Gasteiger partial charge in [0, 0.05) is 5.69 Å². The average molecular weight is 268 g/mol. The van der Waals surface area contributed by atoms with E-state index in [1.165, 1.54) is 7.11 Å². The van der Waals surface area contributed by atoms with Crippen LogP contribution in [0, 0.1) is 6.92 Å². The highest BCUT2D eigenvalue weighted by Crippen LogP contribution is 2.20. The van der Waals surface area contributed by atoms with E-state index in [0.29, 0.717) is 11.4 Å². The normalized spacial score (nSPS) is 11.5. The highest BCUT2D eigenvalue weighted by Gasteiger charge is 2.18. The van der Waals surface area contributed by atoms with E-state index in [1.54, 1.807) is 25.1 Å². The zero-order chi connectivity index (χ0) is 14.4. The maximum Gasteiger partial charge on any atom is 0.328 e. The minimum absolute atomic E-state index is 0.528. The molecule has 2 amide bonds. The first kappa shape index (κ1) is 14.8. The molecule has 1 atom stereocenters. The first-order chi connectivity index (χ1) is 8.97. The van der Waals surface area contributed by atoms with Crippen LogP contribution in [0.25, 0.3) is 0 Å². The number of carbonyl (C=O) groups is 2. The minimum atomic E-state index is -1.33. The molecule has 0 aliphatic heterocycles. The lowest BCUT2D eigenvalue weighted by Crippen LogP contribution is -2.45. The molecule has 0 saturated carbocycles. The van der Waals surface area contributed by atoms with Gasteiger partial charge in [-0.1, -0.05) is 0 Å². The number of aliphatic hydroxyl groups is 1. The monoisotopic (exact) mass is 268 g/mol. The van der Waals surface area contributed by atoms with Crippen molar-refractivity contribution in [3.05, 3.63) is 23.8 Å². The fourth-order valence-electron chi connectivity index (χ4n) is 1.41. The Kier molecular flexibility index (Phi) is 5.13. The number of aryl methyl sites for hydroxylation is 1. The van der Waals surface area contributed by atoms with E-state index in [2.05, 4.69) is 10.6 Å². The molecule has 0 bridgehead atoms. The van der Waals surface area contributed by atoms with Crippen molar-refractivity contribution < 1.29 is 24.5 Å². The third-order valence-electron chi connectivity index (χ3n) is 2.47. The van der Waals surface area contributed by atoms with Crippen molar-refractivity contribution in [2.24, 2.45) is 0 Å². The molecule has 1 rings (SSSR count). The number of hydrogen-bond donors (Lipinski definition) is 4. The number of nitrogens with one attached hydrogen (secondary N) is 2. The molecule has 19 heavy (non-hydrogen) atoms. The number of urea groups is 1. The van der Waals surface area contributed by atoms with Crippen LogP contribution in [0.5, 0.6) is 5.75 Å². The number of hydrogen-bond acceptors (Lipinski definition) is 4. The van der Waals surface area contributed by atoms with Gasteiger partial charge in [0.05, 0.1) is 13.7 Å². The Hall–Kier alpha value is -2.28. The number of carbonyl (C=O) groups excluding carboxylic acids is 1. The molecule has 1 aromatic rings. The van der Waals surface area contributed by atoms with Gasteiger partial charge in [-0.2, -0.15) is 0 Å². The summed E-state index contributed by atoms with van der Waals surface area (Å²) in [6.07, 6.45) is 0. The van der Waals surface area contributed by atoms with Crippen molar-refractivity contribution in [1.82, 2.24) is 5.32 Å². The van der Waals surface area contributed by atoms with Gasteiger partial charge in [0.15, 0.2) is 6.04 Å². The Morgan fingerprint density at radius 2 is 2.11 bits per heavy atom. The van der Waals surface area contributed by atoms with Gasteiger partial charge in [0.25, 0.3) is 0 Å². The second-order valence-corrected chi connectivity index (χ2v) is 3.85. The lowest BCUT2D eigenvalue weighted by Gasteiger charge is -2.14. The summed E-state index contributed by atoms with van der Waals surface area (Å²) >= 11 is 0. The first-order valence-electron chi connectivity index (χ1n) is 5.53. The number of aliphatic hydroxyl groups excluding tert-OH is 1. The average Bonchev–Trinajstić information content (AvgIpc) is 2.37. The zero-order valence-corrected chi connectivity index (χ0v) is 10.6. The number of carboxylic acid groups (broad SMARTS) is 1. The third kappa shape index (κ3) is 4.14. The second-order valence-electron chi connectivity index (χ2n) is 3.85. The molecule has 4 N–H and O–H groups in total. The van der Waals surface area contributed by atoms with Crippen molar-refractivity contribution in [3.63, 3.8) is 0 Å². The van der Waals surface area contributed by atoms with Crippen LogP contribution in [-0.2, 0) is 4.79 Å². The largest absolute Gasteiger partial charge is 0.497 e. The predicted molar refractivity (Wildman–Crippen MR) is 68.4 cm³/mol. The Morgan fingerprint density at radius 1 is 1.42 bits per heavy atom. The molecule has 1 aromatic carbocycles. The molecule has 1 unspecified atom stereocenters. The molecule has 0 heterocycles. The summed E-state index contributed by atoms with van der Waals surface area (Å²) in [5.41, 5.74) is 1.30. The first-order valence-corrected chi connectivity index (χ1v) is 5.53. The van der Waals surface area contributed by atoms with E-state index < -0.39 is 24.6 Å². The van der Waals surface area contributed by atoms with Crippen molar-refractivity contribution in [3.8, 4) is 5.75 Å². The molecule has 0 aromatic heterocycles. The summed E-state index contributed by atoms with van der Waals surface area (Å²) in [5, 5.41) is 22.1. The number of methoxy groups -OCH3 is 1. The molecule has 7 heteroatoms. The van der Waals surface area contributed by atoms with Crippen LogP contribution in [0.1, 0.15) is 5.56 Å². The summed E-state index contributed by atoms with van der Waals surface area (Å²) in [6, 6.07) is 3.01. The molecule has 0 saturated heterocycles. The van der Waals surface area contributed by atoms with Gasteiger partial charge in [-0.15, -0.1) is 0 Å². The summed E-state index contributed by atoms with van der Waals surface area (Å²) in [5.74, 6) is -0.647. The molecule has 0 spiro atoms. The van der Waals surface area contributed by atoms with E-state index in [9.17, 15) is 9.59 Å². The van der Waals surface area contributed by atoms with Crippen LogP contribution in [0.15, 0.2) is 18.2 Å². The molecule has 104 valence electrons. The quantitative estimate of drug-likeness (QED) is 0.624. The fraction of sp³-hybridized carbons (Fsp3) is 0.333. The van der Waals surface area contributed by atoms with Gasteiger partial charge in [-0.25, -0.2) is 9.59 Å². The van der Waals surface area contributed by atoms with Crippen LogP contribution in [0.3, 0.4) is 0 Å². The molecule has 0 aliphatic carbocycles. The Balaban J connectivity index is 2.69. The van der Waals surface area contributed by atoms with Gasteiger partial charge in [-0.3, -0.25) is 0 Å². The topological polar surface area (TPSA) is 108 Å². The van der Waals surface area contributed by atoms with Crippen LogP contribution in [0.2, 0.25) is 0 Å². The maximum atomic E-state index is 11.6. The van der Waals surface area contributed by atoms with E-state index in [4.69, 9.17) is 14.9 Å². The van der Waals surface area contributed by atoms with Crippen molar-refractivity contribution in [2.75, 3.05) is 19.0 Å². The van der Waals surface area contributed by atoms with Gasteiger partial charge in [0.2, 0.25) is 0 Å². The highest BCUT2D eigenvalue weighted by molar-refractivity contribution is 5.92. The smallest absolute Gasteiger partial charge is 0.328 e. The summed E-state index contributed by atoms with van der Waals surface area (Å²) in [6.45, 7) is 1.10. The van der Waals surface area contributed by atoms with Crippen LogP contribution in [-0.4, -0.2) is 42.0 Å². The van der Waals surface area contributed by atoms with Crippen LogP contribution >= 0.6 is 0 Å². The molecule has 0 fully saturated rings. The fourth-order valence-corrected chi connectivity index (χ4v) is 1.41. The Morgan fingerprint density at radius 3 is 2.58 bits per heavy atom. The number of aliphatic carboxylic acids is 1. The number of ether oxygens (including phenoxy) is 1. The Labute approximate surface area is 110 Å². The lowest BCUT2D eigenvalue weighted by atomic mass is 10.2. The van der Waals surface area contributed by atoms with E-state index in [-0.39, 0.29) is 0 Å². The van der Waals surface area contributed by atoms with Gasteiger partial charge < -0.3 is 25.6 Å². The van der Waals surface area contributed by atoms with Gasteiger partial charge >= 0.3 is 12.0 Å². The standard InChI is InChI=1S/C12H16N2O5/c1-7-5-8(19-2)3-4-9(7)13-12(18)14-10(6-15)11(16)17/h3-5,10,15H,6H2,1-2H3,(H,16,17)(H2,13,14,18). The van der Waals surface area contributed by atoms with Crippen LogP contribution < -0.4 is 15.4 Å². The number of anilines is 1. The summed E-state index contributed by atoms with van der Waals surface area (Å²) in [4.78, 5) is 22.2. The molecule has 7 nitrogen and oxygen atoms in total. The highest BCUT2D eigenvalue weighted by atomic mass is 16.5. The van der Waals surface area contributed by atoms with E-state index in [1.807, 2.05) is 0 Å². The van der Waals surface area contributed by atoms with Crippen molar-refractivity contribution in [2.45, 2.75) is 13.0 Å².